The van der Waals surface area contributed by atoms with Gasteiger partial charge in [-0.3, -0.25) is 0 Å². The molecule has 0 N–H and O–H groups in total. The standard InChI is InChI=1S/C11H12F2O4/c1-15-7-4-5-8(9(6-7)16-2)11(12,13)10(14)17-3/h4-6H,1-3H3. The number of alkyl halides is 2. The summed E-state index contributed by atoms with van der Waals surface area (Å²) in [4.78, 5) is 11.0. The molecule has 0 atom stereocenters. The van der Waals surface area contributed by atoms with Crippen molar-refractivity contribution < 1.29 is 27.8 Å². The summed E-state index contributed by atoms with van der Waals surface area (Å²) in [6.45, 7) is 0. The number of ether oxygens (including phenoxy) is 3. The smallest absolute Gasteiger partial charge is 0.381 e. The van der Waals surface area contributed by atoms with Crippen LogP contribution in [0.4, 0.5) is 8.78 Å². The molecule has 0 radical (unpaired) electrons. The monoisotopic (exact) mass is 246 g/mol. The second kappa shape index (κ2) is 4.99. The highest BCUT2D eigenvalue weighted by molar-refractivity contribution is 5.80. The van der Waals surface area contributed by atoms with E-state index in [1.807, 2.05) is 0 Å². The number of hydrogen-bond acceptors (Lipinski definition) is 4. The maximum Gasteiger partial charge on any atom is 0.381 e. The van der Waals surface area contributed by atoms with Crippen molar-refractivity contribution in [2.75, 3.05) is 21.3 Å². The average molecular weight is 246 g/mol. The van der Waals surface area contributed by atoms with Gasteiger partial charge in [-0.1, -0.05) is 0 Å². The van der Waals surface area contributed by atoms with E-state index in [9.17, 15) is 13.6 Å². The number of methoxy groups -OCH3 is 3. The summed E-state index contributed by atoms with van der Waals surface area (Å²) in [6, 6.07) is 3.65. The Morgan fingerprint density at radius 3 is 2.29 bits per heavy atom. The van der Waals surface area contributed by atoms with E-state index in [2.05, 4.69) is 4.74 Å². The third-order valence-corrected chi connectivity index (χ3v) is 2.19. The lowest BCUT2D eigenvalue weighted by Gasteiger charge is -2.17. The van der Waals surface area contributed by atoms with Crippen molar-refractivity contribution in [1.82, 2.24) is 0 Å². The van der Waals surface area contributed by atoms with Crippen LogP contribution in [0, 0.1) is 0 Å². The Morgan fingerprint density at radius 2 is 1.82 bits per heavy atom. The molecule has 0 aliphatic rings. The van der Waals surface area contributed by atoms with E-state index < -0.39 is 17.5 Å². The Morgan fingerprint density at radius 1 is 1.18 bits per heavy atom. The molecular weight excluding hydrogens is 234 g/mol. The minimum atomic E-state index is -3.76. The maximum absolute atomic E-state index is 13.6. The van der Waals surface area contributed by atoms with Crippen LogP contribution in [0.25, 0.3) is 0 Å². The topological polar surface area (TPSA) is 44.8 Å². The molecule has 94 valence electrons. The summed E-state index contributed by atoms with van der Waals surface area (Å²) in [5.74, 6) is -5.18. The van der Waals surface area contributed by atoms with Crippen molar-refractivity contribution in [2.45, 2.75) is 5.92 Å². The first kappa shape index (κ1) is 13.2. The predicted octanol–water partition coefficient (Wildman–Crippen LogP) is 1.97. The predicted molar refractivity (Wildman–Crippen MR) is 55.5 cm³/mol. The van der Waals surface area contributed by atoms with E-state index in [-0.39, 0.29) is 5.75 Å². The molecule has 0 unspecified atom stereocenters. The van der Waals surface area contributed by atoms with Crippen LogP contribution in [-0.2, 0) is 15.5 Å². The molecule has 6 heteroatoms. The van der Waals surface area contributed by atoms with Crippen LogP contribution in [0.3, 0.4) is 0 Å². The molecule has 1 rings (SSSR count). The number of carbonyl (C=O) groups excluding carboxylic acids is 1. The van der Waals surface area contributed by atoms with E-state index in [1.165, 1.54) is 26.4 Å². The van der Waals surface area contributed by atoms with Gasteiger partial charge in [-0.05, 0) is 12.1 Å². The van der Waals surface area contributed by atoms with E-state index >= 15 is 0 Å². The molecule has 17 heavy (non-hydrogen) atoms. The van der Waals surface area contributed by atoms with E-state index in [1.54, 1.807) is 0 Å². The van der Waals surface area contributed by atoms with Gasteiger partial charge in [-0.25, -0.2) is 4.79 Å². The van der Waals surface area contributed by atoms with Crippen LogP contribution in [0.1, 0.15) is 5.56 Å². The second-order valence-corrected chi connectivity index (χ2v) is 3.13. The third-order valence-electron chi connectivity index (χ3n) is 2.19. The van der Waals surface area contributed by atoms with Crippen molar-refractivity contribution >= 4 is 5.97 Å². The van der Waals surface area contributed by atoms with Crippen LogP contribution in [0.2, 0.25) is 0 Å². The summed E-state index contributed by atoms with van der Waals surface area (Å²) in [6.07, 6.45) is 0. The van der Waals surface area contributed by atoms with Gasteiger partial charge >= 0.3 is 11.9 Å². The van der Waals surface area contributed by atoms with Gasteiger partial charge in [0.25, 0.3) is 0 Å². The van der Waals surface area contributed by atoms with Crippen molar-refractivity contribution in [2.24, 2.45) is 0 Å². The molecule has 0 amide bonds. The number of benzene rings is 1. The summed E-state index contributed by atoms with van der Waals surface area (Å²) in [5, 5.41) is 0. The van der Waals surface area contributed by atoms with Crippen LogP contribution in [0.5, 0.6) is 11.5 Å². The molecule has 0 bridgehead atoms. The Labute approximate surface area is 97.1 Å². The number of carbonyl (C=O) groups is 1. The fraction of sp³-hybridized carbons (Fsp3) is 0.364. The zero-order valence-electron chi connectivity index (χ0n) is 9.62. The molecule has 0 saturated heterocycles. The highest BCUT2D eigenvalue weighted by atomic mass is 19.3. The molecule has 1 aromatic carbocycles. The molecular formula is C11H12F2O4. The van der Waals surface area contributed by atoms with Crippen molar-refractivity contribution in [3.05, 3.63) is 23.8 Å². The second-order valence-electron chi connectivity index (χ2n) is 3.13. The first-order chi connectivity index (χ1) is 7.97. The van der Waals surface area contributed by atoms with Crippen molar-refractivity contribution in [3.63, 3.8) is 0 Å². The highest BCUT2D eigenvalue weighted by Crippen LogP contribution is 2.37. The third kappa shape index (κ3) is 2.46. The highest BCUT2D eigenvalue weighted by Gasteiger charge is 2.44. The summed E-state index contributed by atoms with van der Waals surface area (Å²) in [5.41, 5.74) is -0.562. The molecule has 0 spiro atoms. The minimum absolute atomic E-state index is 0.139. The van der Waals surface area contributed by atoms with E-state index in [0.717, 1.165) is 13.2 Å². The van der Waals surface area contributed by atoms with Crippen LogP contribution in [-0.4, -0.2) is 27.3 Å². The van der Waals surface area contributed by atoms with Gasteiger partial charge in [0.1, 0.15) is 11.5 Å². The van der Waals surface area contributed by atoms with Gasteiger partial charge in [0.2, 0.25) is 0 Å². The minimum Gasteiger partial charge on any atom is -0.497 e. The van der Waals surface area contributed by atoms with Crippen LogP contribution >= 0.6 is 0 Å². The molecule has 0 aliphatic carbocycles. The van der Waals surface area contributed by atoms with E-state index in [4.69, 9.17) is 9.47 Å². The van der Waals surface area contributed by atoms with Gasteiger partial charge < -0.3 is 14.2 Å². The molecule has 4 nitrogen and oxygen atoms in total. The van der Waals surface area contributed by atoms with Gasteiger partial charge in [0.15, 0.2) is 0 Å². The van der Waals surface area contributed by atoms with Gasteiger partial charge in [0.05, 0.1) is 26.9 Å². The van der Waals surface area contributed by atoms with Crippen LogP contribution < -0.4 is 9.47 Å². The Kier molecular flexibility index (Phi) is 3.88. The zero-order valence-corrected chi connectivity index (χ0v) is 9.62. The molecule has 0 aromatic heterocycles. The van der Waals surface area contributed by atoms with Gasteiger partial charge in [-0.2, -0.15) is 8.78 Å². The Hall–Kier alpha value is -1.85. The largest absolute Gasteiger partial charge is 0.497 e. The lowest BCUT2D eigenvalue weighted by atomic mass is 10.1. The molecule has 0 saturated carbocycles. The molecule has 0 aliphatic heterocycles. The number of halogens is 2. The fourth-order valence-electron chi connectivity index (χ4n) is 1.30. The lowest BCUT2D eigenvalue weighted by Crippen LogP contribution is -2.27. The quantitative estimate of drug-likeness (QED) is 0.762. The Bertz CT molecular complexity index is 418. The molecule has 0 fully saturated rings. The SMILES string of the molecule is COC(=O)C(F)(F)c1ccc(OC)cc1OC. The Balaban J connectivity index is 3.26. The first-order valence-corrected chi connectivity index (χ1v) is 4.66. The van der Waals surface area contributed by atoms with Gasteiger partial charge in [-0.15, -0.1) is 0 Å². The summed E-state index contributed by atoms with van der Waals surface area (Å²) < 4.78 is 41.0. The summed E-state index contributed by atoms with van der Waals surface area (Å²) >= 11 is 0. The average Bonchev–Trinajstić information content (AvgIpc) is 2.36. The van der Waals surface area contributed by atoms with Crippen molar-refractivity contribution in [1.29, 1.82) is 0 Å². The van der Waals surface area contributed by atoms with Crippen LogP contribution in [0.15, 0.2) is 18.2 Å². The zero-order chi connectivity index (χ0) is 13.1. The summed E-state index contributed by atoms with van der Waals surface area (Å²) in [7, 11) is 3.52. The fourth-order valence-corrected chi connectivity index (χ4v) is 1.30. The van der Waals surface area contributed by atoms with Gasteiger partial charge in [0, 0.05) is 6.07 Å². The normalized spacial score (nSPS) is 10.9. The number of hydrogen-bond donors (Lipinski definition) is 0. The molecule has 1 aromatic rings. The number of esters is 1. The van der Waals surface area contributed by atoms with Crippen molar-refractivity contribution in [3.8, 4) is 11.5 Å². The first-order valence-electron chi connectivity index (χ1n) is 4.66. The maximum atomic E-state index is 13.6. The lowest BCUT2D eigenvalue weighted by molar-refractivity contribution is -0.170. The number of rotatable bonds is 4. The van der Waals surface area contributed by atoms with E-state index in [0.29, 0.717) is 5.75 Å². The molecule has 0 heterocycles.